The van der Waals surface area contributed by atoms with E-state index in [1.807, 2.05) is 0 Å². The highest BCUT2D eigenvalue weighted by Crippen LogP contribution is 2.23. The first kappa shape index (κ1) is 12.9. The highest BCUT2D eigenvalue weighted by molar-refractivity contribution is 4.86. The van der Waals surface area contributed by atoms with Crippen molar-refractivity contribution in [2.45, 2.75) is 31.4 Å². The van der Waals surface area contributed by atoms with Gasteiger partial charge in [-0.3, -0.25) is 0 Å². The zero-order chi connectivity index (χ0) is 11.1. The van der Waals surface area contributed by atoms with Gasteiger partial charge in [0.25, 0.3) is 0 Å². The van der Waals surface area contributed by atoms with Gasteiger partial charge < -0.3 is 19.5 Å². The lowest BCUT2D eigenvalue weighted by molar-refractivity contribution is -0.0890. The molecule has 4 nitrogen and oxygen atoms in total. The number of hydrogen-bond acceptors (Lipinski definition) is 4. The monoisotopic (exact) mass is 217 g/mol. The molecule has 4 heteroatoms. The maximum absolute atomic E-state index is 5.62. The van der Waals surface area contributed by atoms with Crippen molar-refractivity contribution >= 4 is 0 Å². The van der Waals surface area contributed by atoms with Gasteiger partial charge in [0.2, 0.25) is 0 Å². The Labute approximate surface area is 92.3 Å². The zero-order valence-corrected chi connectivity index (χ0v) is 10.0. The van der Waals surface area contributed by atoms with E-state index in [1.54, 1.807) is 14.2 Å². The van der Waals surface area contributed by atoms with Crippen LogP contribution in [0, 0.1) is 0 Å². The van der Waals surface area contributed by atoms with Gasteiger partial charge in [-0.15, -0.1) is 0 Å². The van der Waals surface area contributed by atoms with Crippen LogP contribution in [0.1, 0.15) is 19.8 Å². The van der Waals surface area contributed by atoms with Crippen LogP contribution in [0.3, 0.4) is 0 Å². The van der Waals surface area contributed by atoms with E-state index in [9.17, 15) is 0 Å². The topological polar surface area (TPSA) is 39.7 Å². The Kier molecular flexibility index (Phi) is 5.53. The maximum Gasteiger partial charge on any atom is 0.0846 e. The van der Waals surface area contributed by atoms with E-state index in [1.165, 1.54) is 0 Å². The molecule has 0 spiro atoms. The molecular formula is C11H23NO3. The van der Waals surface area contributed by atoms with Crippen molar-refractivity contribution in [1.82, 2.24) is 5.32 Å². The highest BCUT2D eigenvalue weighted by Gasteiger charge is 2.32. The van der Waals surface area contributed by atoms with E-state index >= 15 is 0 Å². The van der Waals surface area contributed by atoms with Gasteiger partial charge in [0.1, 0.15) is 0 Å². The lowest BCUT2D eigenvalue weighted by Crippen LogP contribution is -2.49. The summed E-state index contributed by atoms with van der Waals surface area (Å²) in [6.45, 7) is 5.32. The molecule has 1 heterocycles. The standard InChI is InChI=1S/C11H23NO3/c1-10(8-13-2)12-9-11(14-3)4-6-15-7-5-11/h10,12H,4-9H2,1-3H3. The molecule has 0 amide bonds. The third-order valence-electron chi connectivity index (χ3n) is 3.03. The summed E-state index contributed by atoms with van der Waals surface area (Å²) in [5.74, 6) is 0. The number of ether oxygens (including phenoxy) is 3. The van der Waals surface area contributed by atoms with E-state index < -0.39 is 0 Å². The average Bonchev–Trinajstić information content (AvgIpc) is 2.28. The van der Waals surface area contributed by atoms with E-state index in [-0.39, 0.29) is 5.60 Å². The number of hydrogen-bond donors (Lipinski definition) is 1. The molecule has 0 bridgehead atoms. The Morgan fingerprint density at radius 2 is 2.00 bits per heavy atom. The molecule has 1 atom stereocenters. The van der Waals surface area contributed by atoms with Crippen molar-refractivity contribution in [3.05, 3.63) is 0 Å². The summed E-state index contributed by atoms with van der Waals surface area (Å²) in [4.78, 5) is 0. The van der Waals surface area contributed by atoms with Crippen molar-refractivity contribution in [2.75, 3.05) is 40.6 Å². The van der Waals surface area contributed by atoms with E-state index in [0.29, 0.717) is 6.04 Å². The molecule has 15 heavy (non-hydrogen) atoms. The second-order valence-corrected chi connectivity index (χ2v) is 4.24. The normalized spacial score (nSPS) is 22.6. The molecule has 1 unspecified atom stereocenters. The Balaban J connectivity index is 2.32. The molecule has 1 fully saturated rings. The summed E-state index contributed by atoms with van der Waals surface area (Å²) in [7, 11) is 3.51. The van der Waals surface area contributed by atoms with Crippen LogP contribution in [0.25, 0.3) is 0 Å². The van der Waals surface area contributed by atoms with Gasteiger partial charge in [-0.2, -0.15) is 0 Å². The quantitative estimate of drug-likeness (QED) is 0.714. The number of methoxy groups -OCH3 is 2. The minimum absolute atomic E-state index is 0.0414. The smallest absolute Gasteiger partial charge is 0.0846 e. The Morgan fingerprint density at radius 3 is 2.53 bits per heavy atom. The summed E-state index contributed by atoms with van der Waals surface area (Å²) in [6.07, 6.45) is 1.94. The third-order valence-corrected chi connectivity index (χ3v) is 3.03. The fourth-order valence-corrected chi connectivity index (χ4v) is 1.87. The second kappa shape index (κ2) is 6.43. The van der Waals surface area contributed by atoms with Crippen LogP contribution in [0.2, 0.25) is 0 Å². The molecule has 1 saturated heterocycles. The van der Waals surface area contributed by atoms with E-state index in [0.717, 1.165) is 39.2 Å². The summed E-state index contributed by atoms with van der Waals surface area (Å²) in [5.41, 5.74) is -0.0414. The van der Waals surface area contributed by atoms with Crippen molar-refractivity contribution in [3.63, 3.8) is 0 Å². The van der Waals surface area contributed by atoms with Gasteiger partial charge in [-0.1, -0.05) is 0 Å². The first-order valence-corrected chi connectivity index (χ1v) is 5.58. The third kappa shape index (κ3) is 4.07. The Morgan fingerprint density at radius 1 is 1.33 bits per heavy atom. The fourth-order valence-electron chi connectivity index (χ4n) is 1.87. The summed E-state index contributed by atoms with van der Waals surface area (Å²) < 4.78 is 16.1. The predicted molar refractivity (Wildman–Crippen MR) is 59.1 cm³/mol. The van der Waals surface area contributed by atoms with Gasteiger partial charge in [0.15, 0.2) is 0 Å². The van der Waals surface area contributed by atoms with Crippen molar-refractivity contribution in [1.29, 1.82) is 0 Å². The van der Waals surface area contributed by atoms with E-state index in [4.69, 9.17) is 14.2 Å². The molecule has 90 valence electrons. The molecule has 0 aromatic carbocycles. The van der Waals surface area contributed by atoms with Gasteiger partial charge in [0, 0.05) is 52.9 Å². The van der Waals surface area contributed by atoms with Crippen molar-refractivity contribution in [3.8, 4) is 0 Å². The summed E-state index contributed by atoms with van der Waals surface area (Å²) >= 11 is 0. The van der Waals surface area contributed by atoms with Gasteiger partial charge in [-0.05, 0) is 6.92 Å². The number of rotatable bonds is 6. The molecule has 1 N–H and O–H groups in total. The summed E-state index contributed by atoms with van der Waals surface area (Å²) in [5, 5.41) is 3.44. The van der Waals surface area contributed by atoms with Crippen molar-refractivity contribution in [2.24, 2.45) is 0 Å². The maximum atomic E-state index is 5.62. The van der Waals surface area contributed by atoms with E-state index in [2.05, 4.69) is 12.2 Å². The SMILES string of the molecule is COCC(C)NCC1(OC)CCOCC1. The minimum Gasteiger partial charge on any atom is -0.383 e. The van der Waals surface area contributed by atoms with Crippen molar-refractivity contribution < 1.29 is 14.2 Å². The second-order valence-electron chi connectivity index (χ2n) is 4.24. The molecular weight excluding hydrogens is 194 g/mol. The van der Waals surface area contributed by atoms with Crippen LogP contribution < -0.4 is 5.32 Å². The first-order valence-electron chi connectivity index (χ1n) is 5.58. The van der Waals surface area contributed by atoms with Crippen LogP contribution in [0.15, 0.2) is 0 Å². The van der Waals surface area contributed by atoms with Crippen LogP contribution in [-0.4, -0.2) is 52.2 Å². The predicted octanol–water partition coefficient (Wildman–Crippen LogP) is 0.806. The first-order chi connectivity index (χ1) is 7.22. The van der Waals surface area contributed by atoms with Crippen LogP contribution in [0.5, 0.6) is 0 Å². The van der Waals surface area contributed by atoms with Gasteiger partial charge in [0.05, 0.1) is 12.2 Å². The lowest BCUT2D eigenvalue weighted by Gasteiger charge is -2.36. The van der Waals surface area contributed by atoms with Gasteiger partial charge in [-0.25, -0.2) is 0 Å². The molecule has 1 aliphatic rings. The van der Waals surface area contributed by atoms with Gasteiger partial charge >= 0.3 is 0 Å². The van der Waals surface area contributed by atoms with Crippen LogP contribution in [0.4, 0.5) is 0 Å². The Bertz CT molecular complexity index is 169. The summed E-state index contributed by atoms with van der Waals surface area (Å²) in [6, 6.07) is 0.366. The Hall–Kier alpha value is -0.160. The minimum atomic E-state index is -0.0414. The molecule has 0 saturated carbocycles. The molecule has 1 aliphatic heterocycles. The average molecular weight is 217 g/mol. The van der Waals surface area contributed by atoms with Crippen LogP contribution >= 0.6 is 0 Å². The lowest BCUT2D eigenvalue weighted by atomic mass is 9.94. The number of nitrogens with one attached hydrogen (secondary N) is 1. The molecule has 0 aromatic heterocycles. The molecule has 1 rings (SSSR count). The fraction of sp³-hybridized carbons (Fsp3) is 1.00. The van der Waals surface area contributed by atoms with Crippen LogP contribution in [-0.2, 0) is 14.2 Å². The highest BCUT2D eigenvalue weighted by atomic mass is 16.5. The molecule has 0 radical (unpaired) electrons. The largest absolute Gasteiger partial charge is 0.383 e. The molecule has 0 aliphatic carbocycles. The zero-order valence-electron chi connectivity index (χ0n) is 10.0. The molecule has 0 aromatic rings.